The number of carbonyl (C=O) groups excluding carboxylic acids is 1. The Morgan fingerprint density at radius 2 is 1.96 bits per heavy atom. The van der Waals surface area contributed by atoms with E-state index < -0.39 is 0 Å². The lowest BCUT2D eigenvalue weighted by atomic mass is 10.0. The fourth-order valence-corrected chi connectivity index (χ4v) is 3.83. The number of rotatable bonds is 5. The molecule has 1 fully saturated rings. The molecule has 4 nitrogen and oxygen atoms in total. The van der Waals surface area contributed by atoms with Crippen LogP contribution in [0.25, 0.3) is 0 Å². The van der Waals surface area contributed by atoms with Crippen LogP contribution in [-0.2, 0) is 11.3 Å². The first-order valence-corrected chi connectivity index (χ1v) is 9.05. The Kier molecular flexibility index (Phi) is 5.41. The van der Waals surface area contributed by atoms with Crippen LogP contribution < -0.4 is 0 Å². The van der Waals surface area contributed by atoms with Gasteiger partial charge in [-0.2, -0.15) is 11.8 Å². The highest BCUT2D eigenvalue weighted by molar-refractivity contribution is 7.99. The summed E-state index contributed by atoms with van der Waals surface area (Å²) in [6, 6.07) is 13.6. The molecule has 1 atom stereocenters. The summed E-state index contributed by atoms with van der Waals surface area (Å²) in [5.74, 6) is 3.10. The van der Waals surface area contributed by atoms with Crippen LogP contribution in [0.1, 0.15) is 17.4 Å². The molecule has 0 bridgehead atoms. The third-order valence-corrected chi connectivity index (χ3v) is 5.05. The van der Waals surface area contributed by atoms with Gasteiger partial charge in [-0.05, 0) is 17.7 Å². The summed E-state index contributed by atoms with van der Waals surface area (Å²) in [4.78, 5) is 17.2. The molecule has 0 unspecified atom stereocenters. The lowest BCUT2D eigenvalue weighted by Gasteiger charge is -2.35. The van der Waals surface area contributed by atoms with Gasteiger partial charge in [0.05, 0.1) is 12.8 Å². The zero-order valence-electron chi connectivity index (χ0n) is 13.4. The predicted octanol–water partition coefficient (Wildman–Crippen LogP) is 3.03. The Morgan fingerprint density at radius 3 is 2.61 bits per heavy atom. The van der Waals surface area contributed by atoms with Gasteiger partial charge in [0.2, 0.25) is 5.91 Å². The Labute approximate surface area is 141 Å². The summed E-state index contributed by atoms with van der Waals surface area (Å²) in [5.41, 5.74) is 1.07. The summed E-state index contributed by atoms with van der Waals surface area (Å²) in [5, 5.41) is 0. The van der Waals surface area contributed by atoms with Crippen molar-refractivity contribution in [3.63, 3.8) is 0 Å². The molecule has 3 rings (SSSR count). The van der Waals surface area contributed by atoms with E-state index in [-0.39, 0.29) is 11.9 Å². The van der Waals surface area contributed by atoms with Gasteiger partial charge in [0.15, 0.2) is 0 Å². The molecule has 23 heavy (non-hydrogen) atoms. The summed E-state index contributed by atoms with van der Waals surface area (Å²) in [6.45, 7) is 2.40. The highest BCUT2D eigenvalue weighted by Gasteiger charge is 2.31. The van der Waals surface area contributed by atoms with Crippen LogP contribution in [0.4, 0.5) is 0 Å². The molecule has 1 aromatic carbocycles. The van der Waals surface area contributed by atoms with E-state index >= 15 is 0 Å². The molecular formula is C18H22N2O2S. The Morgan fingerprint density at radius 1 is 1.22 bits per heavy atom. The SMILES string of the molecule is CN(Cc1ccco1)C(=O)[C@@H](c1ccccc1)N1CCSCC1. The first kappa shape index (κ1) is 16.1. The predicted molar refractivity (Wildman–Crippen MR) is 93.3 cm³/mol. The zero-order chi connectivity index (χ0) is 16.1. The average molecular weight is 330 g/mol. The lowest BCUT2D eigenvalue weighted by Crippen LogP contribution is -2.44. The second kappa shape index (κ2) is 7.70. The smallest absolute Gasteiger partial charge is 0.244 e. The third kappa shape index (κ3) is 3.98. The van der Waals surface area contributed by atoms with Crippen molar-refractivity contribution < 1.29 is 9.21 Å². The number of hydrogen-bond donors (Lipinski definition) is 0. The number of carbonyl (C=O) groups is 1. The maximum atomic E-state index is 13.1. The van der Waals surface area contributed by atoms with Gasteiger partial charge < -0.3 is 9.32 Å². The molecule has 0 saturated carbocycles. The van der Waals surface area contributed by atoms with Gasteiger partial charge in [0.1, 0.15) is 11.8 Å². The molecule has 1 amide bonds. The summed E-state index contributed by atoms with van der Waals surface area (Å²) in [7, 11) is 1.85. The fourth-order valence-electron chi connectivity index (χ4n) is 2.90. The molecule has 1 saturated heterocycles. The molecule has 1 aromatic heterocycles. The van der Waals surface area contributed by atoms with E-state index in [2.05, 4.69) is 4.90 Å². The van der Waals surface area contributed by atoms with Crippen molar-refractivity contribution in [1.29, 1.82) is 0 Å². The highest BCUT2D eigenvalue weighted by atomic mass is 32.2. The molecule has 5 heteroatoms. The third-order valence-electron chi connectivity index (χ3n) is 4.11. The highest BCUT2D eigenvalue weighted by Crippen LogP contribution is 2.26. The van der Waals surface area contributed by atoms with Crippen molar-refractivity contribution in [3.05, 3.63) is 60.1 Å². The van der Waals surface area contributed by atoms with E-state index in [1.807, 2.05) is 61.3 Å². The second-order valence-corrected chi connectivity index (χ2v) is 6.96. The standard InChI is InChI=1S/C18H22N2O2S/c1-19(14-16-8-5-11-22-16)18(21)17(15-6-3-2-4-7-15)20-9-12-23-13-10-20/h2-8,11,17H,9-10,12-14H2,1H3/t17-/m1/s1. The number of likely N-dealkylation sites (N-methyl/N-ethyl adjacent to an activating group) is 1. The second-order valence-electron chi connectivity index (χ2n) is 5.74. The molecule has 1 aliphatic heterocycles. The van der Waals surface area contributed by atoms with E-state index in [1.165, 1.54) is 0 Å². The van der Waals surface area contributed by atoms with Crippen molar-refractivity contribution in [2.45, 2.75) is 12.6 Å². The lowest BCUT2D eigenvalue weighted by molar-refractivity contribution is -0.136. The number of furan rings is 1. The summed E-state index contributed by atoms with van der Waals surface area (Å²) in [6.07, 6.45) is 1.64. The Hall–Kier alpha value is -1.72. The van der Waals surface area contributed by atoms with Gasteiger partial charge >= 0.3 is 0 Å². The van der Waals surface area contributed by atoms with Crippen LogP contribution in [0.5, 0.6) is 0 Å². The number of nitrogens with zero attached hydrogens (tertiary/aromatic N) is 2. The monoisotopic (exact) mass is 330 g/mol. The van der Waals surface area contributed by atoms with Crippen LogP contribution in [0.15, 0.2) is 53.1 Å². The Balaban J connectivity index is 1.80. The quantitative estimate of drug-likeness (QED) is 0.844. The van der Waals surface area contributed by atoms with E-state index in [0.29, 0.717) is 6.54 Å². The van der Waals surface area contributed by atoms with E-state index in [0.717, 1.165) is 35.9 Å². The van der Waals surface area contributed by atoms with Gasteiger partial charge in [0.25, 0.3) is 0 Å². The summed E-state index contributed by atoms with van der Waals surface area (Å²) >= 11 is 1.95. The molecule has 2 aromatic rings. The largest absolute Gasteiger partial charge is 0.467 e. The van der Waals surface area contributed by atoms with E-state index in [1.54, 1.807) is 11.2 Å². The van der Waals surface area contributed by atoms with Crippen LogP contribution in [0.3, 0.4) is 0 Å². The number of amides is 1. The van der Waals surface area contributed by atoms with Gasteiger partial charge in [-0.15, -0.1) is 0 Å². The minimum atomic E-state index is -0.211. The van der Waals surface area contributed by atoms with E-state index in [4.69, 9.17) is 4.42 Å². The molecule has 0 aliphatic carbocycles. The molecule has 122 valence electrons. The molecule has 0 radical (unpaired) electrons. The first-order chi connectivity index (χ1) is 11.3. The van der Waals surface area contributed by atoms with Gasteiger partial charge in [0, 0.05) is 31.6 Å². The average Bonchev–Trinajstić information content (AvgIpc) is 3.10. The summed E-state index contributed by atoms with van der Waals surface area (Å²) < 4.78 is 5.37. The fraction of sp³-hybridized carbons (Fsp3) is 0.389. The van der Waals surface area contributed by atoms with E-state index in [9.17, 15) is 4.79 Å². The molecular weight excluding hydrogens is 308 g/mol. The van der Waals surface area contributed by atoms with Crippen molar-refractivity contribution >= 4 is 17.7 Å². The minimum absolute atomic E-state index is 0.125. The maximum absolute atomic E-state index is 13.1. The number of thioether (sulfide) groups is 1. The van der Waals surface area contributed by atoms with Crippen LogP contribution >= 0.6 is 11.8 Å². The molecule has 0 spiro atoms. The van der Waals surface area contributed by atoms with Crippen molar-refractivity contribution in [3.8, 4) is 0 Å². The van der Waals surface area contributed by atoms with Crippen LogP contribution in [0.2, 0.25) is 0 Å². The Bertz CT molecular complexity index is 609. The van der Waals surface area contributed by atoms with Crippen LogP contribution in [-0.4, -0.2) is 47.3 Å². The number of benzene rings is 1. The van der Waals surface area contributed by atoms with Gasteiger partial charge in [-0.3, -0.25) is 9.69 Å². The van der Waals surface area contributed by atoms with Crippen LogP contribution in [0, 0.1) is 0 Å². The van der Waals surface area contributed by atoms with Gasteiger partial charge in [-0.1, -0.05) is 30.3 Å². The molecule has 0 N–H and O–H groups in total. The molecule has 1 aliphatic rings. The van der Waals surface area contributed by atoms with Crippen molar-refractivity contribution in [2.24, 2.45) is 0 Å². The topological polar surface area (TPSA) is 36.7 Å². The zero-order valence-corrected chi connectivity index (χ0v) is 14.2. The van der Waals surface area contributed by atoms with Gasteiger partial charge in [-0.25, -0.2) is 0 Å². The first-order valence-electron chi connectivity index (χ1n) is 7.90. The molecule has 2 heterocycles. The number of hydrogen-bond acceptors (Lipinski definition) is 4. The van der Waals surface area contributed by atoms with Crippen molar-refractivity contribution in [2.75, 3.05) is 31.6 Å². The maximum Gasteiger partial charge on any atom is 0.244 e. The van der Waals surface area contributed by atoms with Crippen molar-refractivity contribution in [1.82, 2.24) is 9.80 Å². The minimum Gasteiger partial charge on any atom is -0.467 e. The normalized spacial score (nSPS) is 16.9.